The lowest BCUT2D eigenvalue weighted by Gasteiger charge is -2.10. The number of methoxy groups -OCH3 is 2. The summed E-state index contributed by atoms with van der Waals surface area (Å²) in [6, 6.07) is 5.46. The Labute approximate surface area is 141 Å². The number of ether oxygens (including phenoxy) is 3. The highest BCUT2D eigenvalue weighted by Crippen LogP contribution is 2.25. The Balaban J connectivity index is 1.99. The van der Waals surface area contributed by atoms with Crippen molar-refractivity contribution in [2.45, 2.75) is 32.8 Å². The molecule has 1 saturated heterocycles. The van der Waals surface area contributed by atoms with E-state index < -0.39 is 6.10 Å². The Kier molecular flexibility index (Phi) is 5.84. The van der Waals surface area contributed by atoms with Gasteiger partial charge in [-0.15, -0.1) is 0 Å². The highest BCUT2D eigenvalue weighted by Gasteiger charge is 2.32. The first kappa shape index (κ1) is 17.8. The van der Waals surface area contributed by atoms with E-state index in [0.717, 1.165) is 5.56 Å². The molecular formula is C18H23NO5. The second kappa shape index (κ2) is 7.86. The van der Waals surface area contributed by atoms with Crippen molar-refractivity contribution in [1.29, 1.82) is 0 Å². The van der Waals surface area contributed by atoms with Crippen LogP contribution in [0.5, 0.6) is 11.5 Å². The van der Waals surface area contributed by atoms with Gasteiger partial charge in [0, 0.05) is 12.5 Å². The summed E-state index contributed by atoms with van der Waals surface area (Å²) in [6.45, 7) is 3.79. The Morgan fingerprint density at radius 1 is 1.33 bits per heavy atom. The van der Waals surface area contributed by atoms with E-state index in [4.69, 9.17) is 14.2 Å². The van der Waals surface area contributed by atoms with Gasteiger partial charge in [-0.05, 0) is 36.1 Å². The fourth-order valence-corrected chi connectivity index (χ4v) is 2.47. The predicted octanol–water partition coefficient (Wildman–Crippen LogP) is 2.22. The monoisotopic (exact) mass is 333 g/mol. The van der Waals surface area contributed by atoms with Gasteiger partial charge in [0.05, 0.1) is 14.2 Å². The maximum absolute atomic E-state index is 12.1. The quantitative estimate of drug-likeness (QED) is 0.775. The Bertz CT molecular complexity index is 651. The topological polar surface area (TPSA) is 73.9 Å². The smallest absolute Gasteiger partial charge is 0.268 e. The van der Waals surface area contributed by atoms with Crippen molar-refractivity contribution >= 4 is 11.7 Å². The van der Waals surface area contributed by atoms with Crippen molar-refractivity contribution in [3.8, 4) is 11.5 Å². The SMILES string of the molecule is COc1ccc(OC)c(CCC(=O)/C=C2\NC(=O)[C@H](C(C)C)O2)c1. The maximum Gasteiger partial charge on any atom is 0.268 e. The standard InChI is InChI=1S/C18H23NO5/c1-11(2)17-18(21)19-16(24-17)10-13(20)6-5-12-9-14(22-3)7-8-15(12)23-4/h7-11,17H,5-6H2,1-4H3,(H,19,21)/b16-10+/t17-/m0/s1. The summed E-state index contributed by atoms with van der Waals surface area (Å²) in [4.78, 5) is 23.9. The molecule has 0 unspecified atom stereocenters. The van der Waals surface area contributed by atoms with E-state index in [-0.39, 0.29) is 29.9 Å². The minimum Gasteiger partial charge on any atom is -0.497 e. The molecule has 1 heterocycles. The molecular weight excluding hydrogens is 310 g/mol. The van der Waals surface area contributed by atoms with Crippen molar-refractivity contribution in [3.05, 3.63) is 35.7 Å². The van der Waals surface area contributed by atoms with E-state index in [9.17, 15) is 9.59 Å². The van der Waals surface area contributed by atoms with Crippen LogP contribution in [0, 0.1) is 5.92 Å². The van der Waals surface area contributed by atoms with Gasteiger partial charge in [0.2, 0.25) is 0 Å². The van der Waals surface area contributed by atoms with Crippen molar-refractivity contribution in [2.75, 3.05) is 14.2 Å². The van der Waals surface area contributed by atoms with Gasteiger partial charge in [-0.2, -0.15) is 0 Å². The minimum absolute atomic E-state index is 0.0482. The van der Waals surface area contributed by atoms with Crippen LogP contribution in [0.3, 0.4) is 0 Å². The molecule has 24 heavy (non-hydrogen) atoms. The van der Waals surface area contributed by atoms with E-state index >= 15 is 0 Å². The summed E-state index contributed by atoms with van der Waals surface area (Å²) in [6.07, 6.45) is 1.58. The van der Waals surface area contributed by atoms with E-state index in [1.807, 2.05) is 26.0 Å². The number of benzene rings is 1. The lowest BCUT2D eigenvalue weighted by Crippen LogP contribution is -2.27. The second-order valence-electron chi connectivity index (χ2n) is 5.92. The average molecular weight is 333 g/mol. The summed E-state index contributed by atoms with van der Waals surface area (Å²) >= 11 is 0. The molecule has 1 amide bonds. The third-order valence-electron chi connectivity index (χ3n) is 3.78. The van der Waals surface area contributed by atoms with Crippen LogP contribution in [-0.4, -0.2) is 32.0 Å². The largest absolute Gasteiger partial charge is 0.497 e. The van der Waals surface area contributed by atoms with Crippen LogP contribution in [0.4, 0.5) is 0 Å². The molecule has 1 fully saturated rings. The van der Waals surface area contributed by atoms with Gasteiger partial charge in [0.1, 0.15) is 11.5 Å². The van der Waals surface area contributed by atoms with Gasteiger partial charge < -0.3 is 14.2 Å². The van der Waals surface area contributed by atoms with Crippen LogP contribution in [0.2, 0.25) is 0 Å². The number of nitrogens with one attached hydrogen (secondary N) is 1. The zero-order valence-electron chi connectivity index (χ0n) is 14.4. The lowest BCUT2D eigenvalue weighted by molar-refractivity contribution is -0.125. The Morgan fingerprint density at radius 2 is 2.08 bits per heavy atom. The third kappa shape index (κ3) is 4.28. The lowest BCUT2D eigenvalue weighted by atomic mass is 10.1. The minimum atomic E-state index is -0.539. The number of ketones is 1. The zero-order chi connectivity index (χ0) is 17.7. The molecule has 0 aromatic heterocycles. The number of aryl methyl sites for hydroxylation is 1. The van der Waals surface area contributed by atoms with Crippen LogP contribution >= 0.6 is 0 Å². The molecule has 0 spiro atoms. The molecule has 2 rings (SSSR count). The van der Waals surface area contributed by atoms with Gasteiger partial charge in [0.15, 0.2) is 17.8 Å². The van der Waals surface area contributed by atoms with E-state index in [2.05, 4.69) is 5.32 Å². The molecule has 1 aromatic rings. The van der Waals surface area contributed by atoms with Gasteiger partial charge in [-0.1, -0.05) is 13.8 Å². The van der Waals surface area contributed by atoms with E-state index in [0.29, 0.717) is 17.9 Å². The normalized spacial score (nSPS) is 18.5. The van der Waals surface area contributed by atoms with Crippen molar-refractivity contribution in [2.24, 2.45) is 5.92 Å². The Hall–Kier alpha value is -2.50. The molecule has 1 aromatic carbocycles. The summed E-state index contributed by atoms with van der Waals surface area (Å²) in [5.41, 5.74) is 0.889. The molecule has 6 nitrogen and oxygen atoms in total. The first-order chi connectivity index (χ1) is 11.4. The Morgan fingerprint density at radius 3 is 2.67 bits per heavy atom. The molecule has 0 aliphatic carbocycles. The van der Waals surface area contributed by atoms with Crippen molar-refractivity contribution in [1.82, 2.24) is 5.32 Å². The molecule has 0 bridgehead atoms. The number of hydrogen-bond acceptors (Lipinski definition) is 5. The van der Waals surface area contributed by atoms with E-state index in [1.54, 1.807) is 20.3 Å². The van der Waals surface area contributed by atoms with Crippen molar-refractivity contribution < 1.29 is 23.8 Å². The fourth-order valence-electron chi connectivity index (χ4n) is 2.47. The number of carbonyl (C=O) groups is 2. The average Bonchev–Trinajstić information content (AvgIpc) is 2.93. The molecule has 1 aliphatic rings. The molecule has 0 saturated carbocycles. The molecule has 6 heteroatoms. The summed E-state index contributed by atoms with van der Waals surface area (Å²) in [5, 5.41) is 2.59. The highest BCUT2D eigenvalue weighted by molar-refractivity contribution is 5.92. The zero-order valence-corrected chi connectivity index (χ0v) is 14.4. The van der Waals surface area contributed by atoms with Crippen LogP contribution in [0.15, 0.2) is 30.2 Å². The highest BCUT2D eigenvalue weighted by atomic mass is 16.5. The number of hydrogen-bond donors (Lipinski definition) is 1. The number of carbonyl (C=O) groups excluding carboxylic acids is 2. The fraction of sp³-hybridized carbons (Fsp3) is 0.444. The predicted molar refractivity (Wildman–Crippen MR) is 88.8 cm³/mol. The third-order valence-corrected chi connectivity index (χ3v) is 3.78. The second-order valence-corrected chi connectivity index (χ2v) is 5.92. The van der Waals surface area contributed by atoms with Gasteiger partial charge in [-0.25, -0.2) is 0 Å². The van der Waals surface area contributed by atoms with Crippen LogP contribution in [-0.2, 0) is 20.7 Å². The molecule has 0 radical (unpaired) electrons. The first-order valence-electron chi connectivity index (χ1n) is 7.87. The van der Waals surface area contributed by atoms with Crippen LogP contribution in [0.25, 0.3) is 0 Å². The maximum atomic E-state index is 12.1. The van der Waals surface area contributed by atoms with E-state index in [1.165, 1.54) is 6.08 Å². The van der Waals surface area contributed by atoms with Gasteiger partial charge in [0.25, 0.3) is 5.91 Å². The van der Waals surface area contributed by atoms with Gasteiger partial charge in [-0.3, -0.25) is 14.9 Å². The summed E-state index contributed by atoms with van der Waals surface area (Å²) in [7, 11) is 3.18. The molecule has 1 N–H and O–H groups in total. The first-order valence-corrected chi connectivity index (χ1v) is 7.87. The number of allylic oxidation sites excluding steroid dienone is 1. The molecule has 1 atom stereocenters. The number of rotatable bonds is 7. The summed E-state index contributed by atoms with van der Waals surface area (Å²) in [5.74, 6) is 1.36. The number of amides is 1. The molecule has 130 valence electrons. The van der Waals surface area contributed by atoms with Gasteiger partial charge >= 0.3 is 0 Å². The van der Waals surface area contributed by atoms with Crippen molar-refractivity contribution in [3.63, 3.8) is 0 Å². The molecule has 1 aliphatic heterocycles. The van der Waals surface area contributed by atoms with Crippen LogP contribution in [0.1, 0.15) is 25.8 Å². The summed E-state index contributed by atoms with van der Waals surface area (Å²) < 4.78 is 16.0. The van der Waals surface area contributed by atoms with Crippen LogP contribution < -0.4 is 14.8 Å².